The summed E-state index contributed by atoms with van der Waals surface area (Å²) in [4.78, 5) is 24.4. The molecule has 1 aromatic rings. The molecule has 0 aliphatic rings. The summed E-state index contributed by atoms with van der Waals surface area (Å²) in [5, 5.41) is 13.6. The number of carbonyl (C=O) groups is 1. The van der Waals surface area contributed by atoms with Gasteiger partial charge in [-0.2, -0.15) is 0 Å². The van der Waals surface area contributed by atoms with Crippen LogP contribution in [0.15, 0.2) is 24.3 Å². The minimum Gasteiger partial charge on any atom is -0.477 e. The number of nitro benzene ring substituents is 1. The maximum Gasteiger partial charge on any atom is 0.310 e. The van der Waals surface area contributed by atoms with Gasteiger partial charge in [-0.05, 0) is 33.8 Å². The fourth-order valence-electron chi connectivity index (χ4n) is 2.36. The lowest BCUT2D eigenvalue weighted by Gasteiger charge is -2.30. The molecule has 1 amide bonds. The third-order valence-electron chi connectivity index (χ3n) is 3.44. The SMILES string of the molecule is CC(C)N(CCNC(=O)COc1ccccc1[N+](=O)[O-])C(C)C. The first-order valence-electron chi connectivity index (χ1n) is 7.71. The van der Waals surface area contributed by atoms with Gasteiger partial charge in [-0.1, -0.05) is 12.1 Å². The third-order valence-corrected chi connectivity index (χ3v) is 3.44. The fourth-order valence-corrected chi connectivity index (χ4v) is 2.36. The van der Waals surface area contributed by atoms with Crippen molar-refractivity contribution in [2.24, 2.45) is 0 Å². The van der Waals surface area contributed by atoms with Crippen molar-refractivity contribution in [1.82, 2.24) is 10.2 Å². The van der Waals surface area contributed by atoms with Crippen LogP contribution in [0.25, 0.3) is 0 Å². The predicted molar refractivity (Wildman–Crippen MR) is 88.6 cm³/mol. The Morgan fingerprint density at radius 1 is 1.26 bits per heavy atom. The molecule has 0 heterocycles. The molecule has 7 heteroatoms. The zero-order valence-corrected chi connectivity index (χ0v) is 14.1. The first-order chi connectivity index (χ1) is 10.8. The van der Waals surface area contributed by atoms with E-state index in [1.165, 1.54) is 12.1 Å². The van der Waals surface area contributed by atoms with Crippen molar-refractivity contribution in [2.45, 2.75) is 39.8 Å². The fraction of sp³-hybridized carbons (Fsp3) is 0.562. The van der Waals surface area contributed by atoms with Crippen molar-refractivity contribution in [3.8, 4) is 5.75 Å². The van der Waals surface area contributed by atoms with E-state index in [1.54, 1.807) is 12.1 Å². The summed E-state index contributed by atoms with van der Waals surface area (Å²) >= 11 is 0. The largest absolute Gasteiger partial charge is 0.477 e. The summed E-state index contributed by atoms with van der Waals surface area (Å²) in [6.45, 7) is 9.45. The van der Waals surface area contributed by atoms with E-state index < -0.39 is 4.92 Å². The minimum atomic E-state index is -0.531. The van der Waals surface area contributed by atoms with Gasteiger partial charge in [-0.3, -0.25) is 19.8 Å². The van der Waals surface area contributed by atoms with Gasteiger partial charge in [0.25, 0.3) is 5.91 Å². The number of amides is 1. The molecule has 23 heavy (non-hydrogen) atoms. The number of benzene rings is 1. The summed E-state index contributed by atoms with van der Waals surface area (Å²) < 4.78 is 5.25. The molecule has 0 atom stereocenters. The highest BCUT2D eigenvalue weighted by Crippen LogP contribution is 2.25. The van der Waals surface area contributed by atoms with E-state index in [-0.39, 0.29) is 24.0 Å². The maximum atomic E-state index is 11.8. The lowest BCUT2D eigenvalue weighted by Crippen LogP contribution is -2.43. The number of hydrogen-bond acceptors (Lipinski definition) is 5. The van der Waals surface area contributed by atoms with Gasteiger partial charge < -0.3 is 10.1 Å². The van der Waals surface area contributed by atoms with E-state index in [4.69, 9.17) is 4.74 Å². The third kappa shape index (κ3) is 6.23. The van der Waals surface area contributed by atoms with E-state index in [1.807, 2.05) is 0 Å². The molecule has 0 fully saturated rings. The van der Waals surface area contributed by atoms with Crippen molar-refractivity contribution in [3.05, 3.63) is 34.4 Å². The second kappa shape index (κ2) is 9.09. The van der Waals surface area contributed by atoms with E-state index in [2.05, 4.69) is 37.9 Å². The number of hydrogen-bond donors (Lipinski definition) is 1. The van der Waals surface area contributed by atoms with Crippen LogP contribution >= 0.6 is 0 Å². The highest BCUT2D eigenvalue weighted by molar-refractivity contribution is 5.77. The second-order valence-corrected chi connectivity index (χ2v) is 5.79. The molecule has 7 nitrogen and oxygen atoms in total. The van der Waals surface area contributed by atoms with Gasteiger partial charge in [0.2, 0.25) is 0 Å². The van der Waals surface area contributed by atoms with E-state index >= 15 is 0 Å². The molecule has 0 radical (unpaired) electrons. The van der Waals surface area contributed by atoms with Crippen molar-refractivity contribution >= 4 is 11.6 Å². The van der Waals surface area contributed by atoms with Gasteiger partial charge in [-0.25, -0.2) is 0 Å². The van der Waals surface area contributed by atoms with Gasteiger partial charge in [0.1, 0.15) is 0 Å². The lowest BCUT2D eigenvalue weighted by atomic mass is 10.2. The Morgan fingerprint density at radius 3 is 2.43 bits per heavy atom. The van der Waals surface area contributed by atoms with Crippen molar-refractivity contribution in [2.75, 3.05) is 19.7 Å². The number of ether oxygens (including phenoxy) is 1. The van der Waals surface area contributed by atoms with Crippen LogP contribution in [0.2, 0.25) is 0 Å². The summed E-state index contributed by atoms with van der Waals surface area (Å²) in [5.74, 6) is -0.200. The normalized spacial score (nSPS) is 11.1. The summed E-state index contributed by atoms with van der Waals surface area (Å²) in [5.41, 5.74) is -0.147. The average Bonchev–Trinajstić information content (AvgIpc) is 2.48. The monoisotopic (exact) mass is 323 g/mol. The van der Waals surface area contributed by atoms with Crippen LogP contribution in [0.3, 0.4) is 0 Å². The Kier molecular flexibility index (Phi) is 7.47. The number of para-hydroxylation sites is 2. The molecule has 0 saturated heterocycles. The standard InChI is InChI=1S/C16H25N3O4/c1-12(2)18(13(3)4)10-9-17-16(20)11-23-15-8-6-5-7-14(15)19(21)22/h5-8,12-13H,9-11H2,1-4H3,(H,17,20). The van der Waals surface area contributed by atoms with Crippen molar-refractivity contribution in [1.29, 1.82) is 0 Å². The maximum absolute atomic E-state index is 11.8. The van der Waals surface area contributed by atoms with Crippen LogP contribution in [-0.4, -0.2) is 47.5 Å². The second-order valence-electron chi connectivity index (χ2n) is 5.79. The van der Waals surface area contributed by atoms with Gasteiger partial charge in [0, 0.05) is 31.2 Å². The molecule has 0 unspecified atom stereocenters. The molecular weight excluding hydrogens is 298 g/mol. The summed E-state index contributed by atoms with van der Waals surface area (Å²) in [7, 11) is 0. The van der Waals surface area contributed by atoms with Gasteiger partial charge in [0.15, 0.2) is 12.4 Å². The van der Waals surface area contributed by atoms with Crippen LogP contribution in [0, 0.1) is 10.1 Å². The molecule has 1 rings (SSSR count). The van der Waals surface area contributed by atoms with Crippen LogP contribution in [0.1, 0.15) is 27.7 Å². The van der Waals surface area contributed by atoms with E-state index in [0.29, 0.717) is 18.6 Å². The molecule has 0 bridgehead atoms. The predicted octanol–water partition coefficient (Wildman–Crippen LogP) is 2.21. The van der Waals surface area contributed by atoms with Crippen LogP contribution < -0.4 is 10.1 Å². The first kappa shape index (κ1) is 18.9. The quantitative estimate of drug-likeness (QED) is 0.556. The van der Waals surface area contributed by atoms with Gasteiger partial charge >= 0.3 is 5.69 Å². The molecule has 0 aliphatic heterocycles. The molecule has 1 N–H and O–H groups in total. The Labute approximate surface area is 136 Å². The molecule has 0 aromatic heterocycles. The number of nitrogens with one attached hydrogen (secondary N) is 1. The van der Waals surface area contributed by atoms with Gasteiger partial charge in [0.05, 0.1) is 4.92 Å². The smallest absolute Gasteiger partial charge is 0.310 e. The molecule has 0 aliphatic carbocycles. The van der Waals surface area contributed by atoms with E-state index in [9.17, 15) is 14.9 Å². The number of nitrogens with zero attached hydrogens (tertiary/aromatic N) is 2. The molecule has 0 spiro atoms. The Bertz CT molecular complexity index is 524. The number of carbonyl (C=O) groups excluding carboxylic acids is 1. The van der Waals surface area contributed by atoms with Crippen LogP contribution in [0.4, 0.5) is 5.69 Å². The van der Waals surface area contributed by atoms with Crippen LogP contribution in [-0.2, 0) is 4.79 Å². The topological polar surface area (TPSA) is 84.7 Å². The summed E-state index contributed by atoms with van der Waals surface area (Å²) in [6.07, 6.45) is 0. The number of nitro groups is 1. The molecule has 0 saturated carbocycles. The molecule has 128 valence electrons. The first-order valence-corrected chi connectivity index (χ1v) is 7.71. The lowest BCUT2D eigenvalue weighted by molar-refractivity contribution is -0.385. The minimum absolute atomic E-state index is 0.0960. The zero-order valence-electron chi connectivity index (χ0n) is 14.1. The van der Waals surface area contributed by atoms with Gasteiger partial charge in [-0.15, -0.1) is 0 Å². The number of rotatable bonds is 9. The Morgan fingerprint density at radius 2 is 1.87 bits per heavy atom. The van der Waals surface area contributed by atoms with E-state index in [0.717, 1.165) is 6.54 Å². The van der Waals surface area contributed by atoms with Crippen molar-refractivity contribution in [3.63, 3.8) is 0 Å². The summed E-state index contributed by atoms with van der Waals surface area (Å²) in [6, 6.07) is 6.80. The highest BCUT2D eigenvalue weighted by Gasteiger charge is 2.16. The molecular formula is C16H25N3O4. The Balaban J connectivity index is 2.42. The van der Waals surface area contributed by atoms with Crippen molar-refractivity contribution < 1.29 is 14.5 Å². The Hall–Kier alpha value is -2.15. The zero-order chi connectivity index (χ0) is 17.4. The average molecular weight is 323 g/mol. The molecule has 1 aromatic carbocycles. The highest BCUT2D eigenvalue weighted by atomic mass is 16.6. The van der Waals surface area contributed by atoms with Crippen LogP contribution in [0.5, 0.6) is 5.75 Å².